The molecule has 1 atom stereocenters. The van der Waals surface area contributed by atoms with E-state index in [4.69, 9.17) is 15.1 Å². The van der Waals surface area contributed by atoms with E-state index in [2.05, 4.69) is 0 Å². The minimum Gasteiger partial charge on any atom is -0.480 e. The zero-order valence-corrected chi connectivity index (χ0v) is 11.4. The molecule has 0 heterocycles. The van der Waals surface area contributed by atoms with Crippen molar-refractivity contribution in [1.82, 2.24) is 0 Å². The minimum atomic E-state index is -1.41. The summed E-state index contributed by atoms with van der Waals surface area (Å²) >= 11 is 0. The van der Waals surface area contributed by atoms with Gasteiger partial charge in [-0.15, -0.1) is 0 Å². The number of carboxylic acids is 1. The number of rotatable bonds is 4. The lowest BCUT2D eigenvalue weighted by atomic mass is 9.54. The van der Waals surface area contributed by atoms with Crippen molar-refractivity contribution in [2.24, 2.45) is 23.2 Å². The molecule has 0 spiro atoms. The summed E-state index contributed by atoms with van der Waals surface area (Å²) in [5, 5.41) is 18.2. The van der Waals surface area contributed by atoms with Crippen LogP contribution in [0.5, 0.6) is 0 Å². The van der Waals surface area contributed by atoms with Gasteiger partial charge in [0.05, 0.1) is 18.3 Å². The van der Waals surface area contributed by atoms with E-state index in [-0.39, 0.29) is 12.2 Å². The van der Waals surface area contributed by atoms with Crippen LogP contribution in [0.4, 0.5) is 0 Å². The largest absolute Gasteiger partial charge is 0.480 e. The van der Waals surface area contributed by atoms with Crippen molar-refractivity contribution in [1.29, 1.82) is 5.26 Å². The third-order valence-corrected chi connectivity index (χ3v) is 5.37. The molecule has 19 heavy (non-hydrogen) atoms. The molecule has 0 radical (unpaired) electrons. The first-order valence-electron chi connectivity index (χ1n) is 7.23. The van der Waals surface area contributed by atoms with Crippen LogP contribution in [0.25, 0.3) is 0 Å². The first kappa shape index (κ1) is 12.9. The molecule has 0 aromatic rings. The number of ether oxygens (including phenoxy) is 1. The number of nitriles is 1. The Morgan fingerprint density at radius 3 is 2.16 bits per heavy atom. The highest BCUT2D eigenvalue weighted by Crippen LogP contribution is 2.57. The van der Waals surface area contributed by atoms with E-state index >= 15 is 0 Å². The van der Waals surface area contributed by atoms with Gasteiger partial charge in [0.1, 0.15) is 0 Å². The van der Waals surface area contributed by atoms with Crippen molar-refractivity contribution in [2.45, 2.75) is 51.0 Å². The third-order valence-electron chi connectivity index (χ3n) is 5.37. The fourth-order valence-corrected chi connectivity index (χ4v) is 4.65. The molecule has 4 heteroatoms. The quantitative estimate of drug-likeness (QED) is 0.846. The second-order valence-electron chi connectivity index (χ2n) is 7.14. The van der Waals surface area contributed by atoms with E-state index in [1.807, 2.05) is 6.07 Å². The van der Waals surface area contributed by atoms with Gasteiger partial charge >= 0.3 is 5.97 Å². The zero-order valence-electron chi connectivity index (χ0n) is 11.4. The fourth-order valence-electron chi connectivity index (χ4n) is 4.65. The van der Waals surface area contributed by atoms with Gasteiger partial charge < -0.3 is 9.84 Å². The Morgan fingerprint density at radius 2 is 1.79 bits per heavy atom. The second kappa shape index (κ2) is 4.21. The lowest BCUT2D eigenvalue weighted by Gasteiger charge is -2.56. The Hall–Kier alpha value is -1.08. The summed E-state index contributed by atoms with van der Waals surface area (Å²) in [6.45, 7) is 1.47. The van der Waals surface area contributed by atoms with E-state index in [1.54, 1.807) is 0 Å². The average molecular weight is 263 g/mol. The molecule has 0 aliphatic heterocycles. The Balaban J connectivity index is 1.70. The molecule has 0 saturated heterocycles. The summed E-state index contributed by atoms with van der Waals surface area (Å²) < 4.78 is 6.06. The molecule has 4 saturated carbocycles. The maximum absolute atomic E-state index is 11.2. The molecule has 4 bridgehead atoms. The summed E-state index contributed by atoms with van der Waals surface area (Å²) in [5.74, 6) is 1.22. The van der Waals surface area contributed by atoms with Crippen molar-refractivity contribution in [2.75, 3.05) is 6.61 Å². The van der Waals surface area contributed by atoms with Gasteiger partial charge in [-0.3, -0.25) is 4.79 Å². The molecule has 4 aliphatic carbocycles. The number of nitrogens with zero attached hydrogens (tertiary/aromatic N) is 1. The van der Waals surface area contributed by atoms with Gasteiger partial charge in [-0.2, -0.15) is 5.26 Å². The Kier molecular flexibility index (Phi) is 2.86. The maximum atomic E-state index is 11.2. The van der Waals surface area contributed by atoms with Gasteiger partial charge in [0, 0.05) is 0 Å². The lowest BCUT2D eigenvalue weighted by molar-refractivity contribution is -0.180. The summed E-state index contributed by atoms with van der Waals surface area (Å²) in [6.07, 6.45) is 7.20. The summed E-state index contributed by atoms with van der Waals surface area (Å²) in [7, 11) is 0. The van der Waals surface area contributed by atoms with Gasteiger partial charge in [-0.1, -0.05) is 0 Å². The Bertz CT molecular complexity index is 404. The van der Waals surface area contributed by atoms with Crippen LogP contribution in [0.3, 0.4) is 0 Å². The van der Waals surface area contributed by atoms with Crippen LogP contribution in [0, 0.1) is 34.5 Å². The average Bonchev–Trinajstić information content (AvgIpc) is 2.34. The van der Waals surface area contributed by atoms with Crippen molar-refractivity contribution in [3.05, 3.63) is 0 Å². The first-order chi connectivity index (χ1) is 8.95. The molecule has 4 nitrogen and oxygen atoms in total. The first-order valence-corrected chi connectivity index (χ1v) is 7.23. The third kappa shape index (κ3) is 2.14. The summed E-state index contributed by atoms with van der Waals surface area (Å²) in [4.78, 5) is 11.2. The molecule has 4 aliphatic rings. The standard InChI is InChI=1S/C15H21NO3/c1-14(8-16,13(17)18)9-19-15-5-10-2-11(6-15)4-12(3-10)7-15/h10-12H,2-7,9H2,1H3,(H,17,18). The zero-order chi connectivity index (χ0) is 13.7. The van der Waals surface area contributed by atoms with Crippen LogP contribution in [0.15, 0.2) is 0 Å². The molecule has 4 fully saturated rings. The van der Waals surface area contributed by atoms with E-state index < -0.39 is 11.4 Å². The second-order valence-corrected chi connectivity index (χ2v) is 7.14. The van der Waals surface area contributed by atoms with E-state index in [0.29, 0.717) is 0 Å². The van der Waals surface area contributed by atoms with Gasteiger partial charge in [0.25, 0.3) is 0 Å². The highest BCUT2D eigenvalue weighted by atomic mass is 16.5. The molecule has 0 amide bonds. The smallest absolute Gasteiger partial charge is 0.326 e. The Labute approximate surface area is 113 Å². The van der Waals surface area contributed by atoms with Crippen LogP contribution in [-0.4, -0.2) is 23.3 Å². The minimum absolute atomic E-state index is 0.0188. The predicted octanol–water partition coefficient (Wildman–Crippen LogP) is 2.59. The molecule has 0 aromatic carbocycles. The monoisotopic (exact) mass is 263 g/mol. The van der Waals surface area contributed by atoms with Crippen LogP contribution >= 0.6 is 0 Å². The number of hydrogen-bond donors (Lipinski definition) is 1. The fraction of sp³-hybridized carbons (Fsp3) is 0.867. The summed E-state index contributed by atoms with van der Waals surface area (Å²) in [5.41, 5.74) is -1.54. The number of aliphatic carboxylic acids is 1. The topological polar surface area (TPSA) is 70.3 Å². The van der Waals surface area contributed by atoms with Gasteiger partial charge in [-0.25, -0.2) is 0 Å². The molecular formula is C15H21NO3. The van der Waals surface area contributed by atoms with E-state index in [1.165, 1.54) is 26.2 Å². The van der Waals surface area contributed by atoms with E-state index in [0.717, 1.165) is 37.0 Å². The summed E-state index contributed by atoms with van der Waals surface area (Å²) in [6, 6.07) is 1.89. The number of carboxylic acid groups (broad SMARTS) is 1. The molecule has 1 N–H and O–H groups in total. The van der Waals surface area contributed by atoms with E-state index in [9.17, 15) is 4.79 Å². The normalized spacial score (nSPS) is 42.6. The van der Waals surface area contributed by atoms with Gasteiger partial charge in [-0.05, 0) is 63.2 Å². The lowest BCUT2D eigenvalue weighted by Crippen LogP contribution is -2.53. The predicted molar refractivity (Wildman–Crippen MR) is 68.2 cm³/mol. The van der Waals surface area contributed by atoms with Crippen molar-refractivity contribution < 1.29 is 14.6 Å². The van der Waals surface area contributed by atoms with Crippen molar-refractivity contribution in [3.8, 4) is 6.07 Å². The molecule has 4 rings (SSSR count). The van der Waals surface area contributed by atoms with Crippen molar-refractivity contribution >= 4 is 5.97 Å². The van der Waals surface area contributed by atoms with Crippen LogP contribution in [-0.2, 0) is 9.53 Å². The maximum Gasteiger partial charge on any atom is 0.326 e. The van der Waals surface area contributed by atoms with Gasteiger partial charge in [0.15, 0.2) is 5.41 Å². The van der Waals surface area contributed by atoms with Crippen LogP contribution in [0.1, 0.15) is 45.4 Å². The van der Waals surface area contributed by atoms with Crippen LogP contribution < -0.4 is 0 Å². The molecule has 1 unspecified atom stereocenters. The molecule has 0 aromatic heterocycles. The molecule has 104 valence electrons. The number of hydrogen-bond acceptors (Lipinski definition) is 3. The Morgan fingerprint density at radius 1 is 1.32 bits per heavy atom. The highest BCUT2D eigenvalue weighted by molar-refractivity contribution is 5.77. The SMILES string of the molecule is CC(C#N)(COC12CC3CC(CC(C3)C1)C2)C(=O)O. The molecular weight excluding hydrogens is 242 g/mol. The highest BCUT2D eigenvalue weighted by Gasteiger charge is 2.52. The number of carbonyl (C=O) groups is 1. The van der Waals surface area contributed by atoms with Crippen molar-refractivity contribution in [3.63, 3.8) is 0 Å². The van der Waals surface area contributed by atoms with Crippen LogP contribution in [0.2, 0.25) is 0 Å². The van der Waals surface area contributed by atoms with Gasteiger partial charge in [0.2, 0.25) is 0 Å².